The summed E-state index contributed by atoms with van der Waals surface area (Å²) in [4.78, 5) is 14.3. The van der Waals surface area contributed by atoms with Crippen molar-refractivity contribution in [1.82, 2.24) is 4.90 Å². The molecule has 0 bridgehead atoms. The van der Waals surface area contributed by atoms with Crippen molar-refractivity contribution in [3.8, 4) is 0 Å². The number of carbonyl (C=O) groups is 1. The lowest BCUT2D eigenvalue weighted by molar-refractivity contribution is -0.117. The monoisotopic (exact) mass is 262 g/mol. The number of benzene rings is 1. The minimum atomic E-state index is 0.0719. The number of amides is 1. The standard InChI is InChI=1S/C16H26N2O/c1-4-6-12-18(14(3)5-2)13-16(19)17-15-10-8-7-9-11-15/h7-11,14H,4-6,12-13H2,1-3H3,(H,17,19). The first kappa shape index (κ1) is 15.7. The van der Waals surface area contributed by atoms with E-state index in [0.717, 1.165) is 31.5 Å². The van der Waals surface area contributed by atoms with Gasteiger partial charge < -0.3 is 5.32 Å². The second-order valence-electron chi connectivity index (χ2n) is 5.00. The number of anilines is 1. The highest BCUT2D eigenvalue weighted by Crippen LogP contribution is 2.08. The van der Waals surface area contributed by atoms with Crippen LogP contribution in [0.1, 0.15) is 40.0 Å². The van der Waals surface area contributed by atoms with Gasteiger partial charge in [0.25, 0.3) is 0 Å². The van der Waals surface area contributed by atoms with Crippen molar-refractivity contribution in [2.75, 3.05) is 18.4 Å². The summed E-state index contributed by atoms with van der Waals surface area (Å²) >= 11 is 0. The van der Waals surface area contributed by atoms with Crippen molar-refractivity contribution < 1.29 is 4.79 Å². The average Bonchev–Trinajstić information content (AvgIpc) is 2.43. The Morgan fingerprint density at radius 3 is 2.53 bits per heavy atom. The average molecular weight is 262 g/mol. The molecule has 0 aliphatic heterocycles. The molecule has 0 radical (unpaired) electrons. The van der Waals surface area contributed by atoms with E-state index in [1.165, 1.54) is 0 Å². The smallest absolute Gasteiger partial charge is 0.238 e. The summed E-state index contributed by atoms with van der Waals surface area (Å²) in [6, 6.07) is 10.1. The van der Waals surface area contributed by atoms with Crippen LogP contribution >= 0.6 is 0 Å². The van der Waals surface area contributed by atoms with Crippen molar-refractivity contribution in [2.45, 2.75) is 46.1 Å². The van der Waals surface area contributed by atoms with Gasteiger partial charge in [0, 0.05) is 11.7 Å². The van der Waals surface area contributed by atoms with E-state index in [4.69, 9.17) is 0 Å². The highest BCUT2D eigenvalue weighted by molar-refractivity contribution is 5.92. The van der Waals surface area contributed by atoms with E-state index in [2.05, 4.69) is 31.0 Å². The first-order valence-electron chi connectivity index (χ1n) is 7.26. The Labute approximate surface area is 117 Å². The van der Waals surface area contributed by atoms with Gasteiger partial charge in [-0.1, -0.05) is 38.5 Å². The molecule has 106 valence electrons. The van der Waals surface area contributed by atoms with Crippen LogP contribution in [-0.4, -0.2) is 29.9 Å². The molecular weight excluding hydrogens is 236 g/mol. The van der Waals surface area contributed by atoms with Crippen LogP contribution in [0, 0.1) is 0 Å². The lowest BCUT2D eigenvalue weighted by Crippen LogP contribution is -2.39. The van der Waals surface area contributed by atoms with Crippen LogP contribution in [0.2, 0.25) is 0 Å². The minimum absolute atomic E-state index is 0.0719. The second kappa shape index (κ2) is 8.70. The Hall–Kier alpha value is -1.35. The molecule has 1 rings (SSSR count). The van der Waals surface area contributed by atoms with E-state index in [9.17, 15) is 4.79 Å². The molecule has 0 spiro atoms. The Bertz CT molecular complexity index is 364. The number of carbonyl (C=O) groups excluding carboxylic acids is 1. The molecule has 3 nitrogen and oxygen atoms in total. The van der Waals surface area contributed by atoms with Crippen LogP contribution in [0.3, 0.4) is 0 Å². The van der Waals surface area contributed by atoms with Gasteiger partial charge in [0.15, 0.2) is 0 Å². The first-order valence-corrected chi connectivity index (χ1v) is 7.26. The van der Waals surface area contributed by atoms with Gasteiger partial charge in [-0.3, -0.25) is 9.69 Å². The topological polar surface area (TPSA) is 32.3 Å². The third-order valence-corrected chi connectivity index (χ3v) is 3.42. The van der Waals surface area contributed by atoms with Crippen molar-refractivity contribution >= 4 is 11.6 Å². The predicted octanol–water partition coefficient (Wildman–Crippen LogP) is 3.53. The summed E-state index contributed by atoms with van der Waals surface area (Å²) in [6.45, 7) is 8.00. The highest BCUT2D eigenvalue weighted by Gasteiger charge is 2.15. The summed E-state index contributed by atoms with van der Waals surface area (Å²) in [5.41, 5.74) is 0.868. The van der Waals surface area contributed by atoms with Crippen molar-refractivity contribution in [3.05, 3.63) is 30.3 Å². The molecule has 1 aromatic carbocycles. The molecule has 3 heteroatoms. The summed E-state index contributed by atoms with van der Waals surface area (Å²) in [6.07, 6.45) is 3.37. The number of rotatable bonds is 8. The fraction of sp³-hybridized carbons (Fsp3) is 0.562. The quantitative estimate of drug-likeness (QED) is 0.777. The van der Waals surface area contributed by atoms with Crippen LogP contribution in [0.4, 0.5) is 5.69 Å². The Morgan fingerprint density at radius 1 is 1.26 bits per heavy atom. The molecule has 0 saturated carbocycles. The third kappa shape index (κ3) is 5.88. The highest BCUT2D eigenvalue weighted by atomic mass is 16.2. The molecule has 1 unspecified atom stereocenters. The zero-order chi connectivity index (χ0) is 14.1. The van der Waals surface area contributed by atoms with Crippen molar-refractivity contribution in [1.29, 1.82) is 0 Å². The third-order valence-electron chi connectivity index (χ3n) is 3.42. The Morgan fingerprint density at radius 2 is 1.95 bits per heavy atom. The lowest BCUT2D eigenvalue weighted by atomic mass is 10.2. The van der Waals surface area contributed by atoms with E-state index in [1.807, 2.05) is 30.3 Å². The maximum Gasteiger partial charge on any atom is 0.238 e. The van der Waals surface area contributed by atoms with E-state index in [-0.39, 0.29) is 5.91 Å². The number of nitrogens with one attached hydrogen (secondary N) is 1. The van der Waals surface area contributed by atoms with Gasteiger partial charge in [-0.25, -0.2) is 0 Å². The molecule has 1 aromatic rings. The van der Waals surface area contributed by atoms with E-state index < -0.39 is 0 Å². The molecule has 0 aliphatic carbocycles. The SMILES string of the molecule is CCCCN(CC(=O)Nc1ccccc1)C(C)CC. The number of unbranched alkanes of at least 4 members (excludes halogenated alkanes) is 1. The van der Waals surface area contributed by atoms with Gasteiger partial charge >= 0.3 is 0 Å². The van der Waals surface area contributed by atoms with Crippen LogP contribution in [0.5, 0.6) is 0 Å². The molecule has 1 N–H and O–H groups in total. The largest absolute Gasteiger partial charge is 0.325 e. The lowest BCUT2D eigenvalue weighted by Gasteiger charge is -2.27. The number of hydrogen-bond acceptors (Lipinski definition) is 2. The maximum atomic E-state index is 12.1. The molecule has 0 aliphatic rings. The molecule has 1 atom stereocenters. The number of nitrogens with zero attached hydrogens (tertiary/aromatic N) is 1. The molecular formula is C16H26N2O. The molecule has 0 saturated heterocycles. The molecule has 1 amide bonds. The van der Waals surface area contributed by atoms with E-state index in [1.54, 1.807) is 0 Å². The minimum Gasteiger partial charge on any atom is -0.325 e. The van der Waals surface area contributed by atoms with Crippen LogP contribution < -0.4 is 5.32 Å². The Balaban J connectivity index is 2.50. The summed E-state index contributed by atoms with van der Waals surface area (Å²) in [5.74, 6) is 0.0719. The number of hydrogen-bond donors (Lipinski definition) is 1. The van der Waals surface area contributed by atoms with Crippen molar-refractivity contribution in [3.63, 3.8) is 0 Å². The Kier molecular flexibility index (Phi) is 7.19. The molecule has 0 heterocycles. The van der Waals surface area contributed by atoms with Gasteiger partial charge in [-0.2, -0.15) is 0 Å². The summed E-state index contributed by atoms with van der Waals surface area (Å²) in [5, 5.41) is 2.95. The first-order chi connectivity index (χ1) is 9.17. The van der Waals surface area contributed by atoms with Gasteiger partial charge in [0.1, 0.15) is 0 Å². The fourth-order valence-corrected chi connectivity index (χ4v) is 1.98. The van der Waals surface area contributed by atoms with Crippen LogP contribution in [-0.2, 0) is 4.79 Å². The zero-order valence-corrected chi connectivity index (χ0v) is 12.4. The van der Waals surface area contributed by atoms with Gasteiger partial charge in [-0.15, -0.1) is 0 Å². The fourth-order valence-electron chi connectivity index (χ4n) is 1.98. The molecule has 19 heavy (non-hydrogen) atoms. The van der Waals surface area contributed by atoms with E-state index in [0.29, 0.717) is 12.6 Å². The molecule has 0 aromatic heterocycles. The van der Waals surface area contributed by atoms with Crippen LogP contribution in [0.15, 0.2) is 30.3 Å². The van der Waals surface area contributed by atoms with Gasteiger partial charge in [0.05, 0.1) is 6.54 Å². The van der Waals surface area contributed by atoms with Gasteiger partial charge in [0.2, 0.25) is 5.91 Å². The summed E-state index contributed by atoms with van der Waals surface area (Å²) in [7, 11) is 0. The zero-order valence-electron chi connectivity index (χ0n) is 12.4. The van der Waals surface area contributed by atoms with E-state index >= 15 is 0 Å². The normalized spacial score (nSPS) is 12.4. The summed E-state index contributed by atoms with van der Waals surface area (Å²) < 4.78 is 0. The number of para-hydroxylation sites is 1. The second-order valence-corrected chi connectivity index (χ2v) is 5.00. The maximum absolute atomic E-state index is 12.1. The van der Waals surface area contributed by atoms with Crippen molar-refractivity contribution in [2.24, 2.45) is 0 Å². The van der Waals surface area contributed by atoms with Gasteiger partial charge in [-0.05, 0) is 38.4 Å². The molecule has 0 fully saturated rings. The predicted molar refractivity (Wildman–Crippen MR) is 81.3 cm³/mol. The van der Waals surface area contributed by atoms with Crippen LogP contribution in [0.25, 0.3) is 0 Å².